The molecule has 3 N–H and O–H groups in total. The maximum atomic E-state index is 9.62. The van der Waals surface area contributed by atoms with Gasteiger partial charge in [0, 0.05) is 25.2 Å². The van der Waals surface area contributed by atoms with Gasteiger partial charge in [-0.15, -0.1) is 0 Å². The van der Waals surface area contributed by atoms with Crippen molar-refractivity contribution in [2.24, 2.45) is 17.6 Å². The van der Waals surface area contributed by atoms with Gasteiger partial charge in [0.1, 0.15) is 0 Å². The maximum Gasteiger partial charge on any atom is 0.0601 e. The normalized spacial score (nSPS) is 33.4. The molecule has 1 heterocycles. The summed E-state index contributed by atoms with van der Waals surface area (Å²) in [6, 6.07) is 0.335. The van der Waals surface area contributed by atoms with Crippen LogP contribution in [0, 0.1) is 11.8 Å². The standard InChI is InChI=1S/C14H28N2O/c1-2-4-13(15)14(10-17)16-8-11-5-3-6-12(7-11)9-16/h11-14,17H,2-10,15H2,1H3. The molecule has 2 aliphatic rings. The Morgan fingerprint density at radius 2 is 1.94 bits per heavy atom. The molecule has 0 radical (unpaired) electrons. The molecule has 1 saturated heterocycles. The Labute approximate surface area is 105 Å². The van der Waals surface area contributed by atoms with Crippen LogP contribution in [-0.4, -0.2) is 41.8 Å². The second-order valence-corrected chi connectivity index (χ2v) is 6.06. The molecule has 1 aliphatic carbocycles. The first-order valence-electron chi connectivity index (χ1n) is 7.35. The monoisotopic (exact) mass is 240 g/mol. The van der Waals surface area contributed by atoms with Gasteiger partial charge in [-0.3, -0.25) is 4.90 Å². The third kappa shape index (κ3) is 3.21. The molecule has 4 atom stereocenters. The van der Waals surface area contributed by atoms with Crippen LogP contribution in [0.4, 0.5) is 0 Å². The lowest BCUT2D eigenvalue weighted by Gasteiger charge is -2.45. The topological polar surface area (TPSA) is 49.5 Å². The summed E-state index contributed by atoms with van der Waals surface area (Å²) in [5.74, 6) is 1.73. The summed E-state index contributed by atoms with van der Waals surface area (Å²) in [5, 5.41) is 9.62. The van der Waals surface area contributed by atoms with E-state index >= 15 is 0 Å². The Bertz CT molecular complexity index is 222. The molecule has 0 aromatic heterocycles. The van der Waals surface area contributed by atoms with Crippen LogP contribution >= 0.6 is 0 Å². The molecule has 0 spiro atoms. The zero-order valence-corrected chi connectivity index (χ0v) is 11.1. The SMILES string of the molecule is CCCC(N)C(CO)N1CC2CCCC(C2)C1. The minimum absolute atomic E-state index is 0.142. The molecule has 17 heavy (non-hydrogen) atoms. The second kappa shape index (κ2) is 6.17. The highest BCUT2D eigenvalue weighted by Crippen LogP contribution is 2.35. The molecule has 2 rings (SSSR count). The molecule has 100 valence electrons. The first-order chi connectivity index (χ1) is 8.24. The molecule has 2 bridgehead atoms. The Hall–Kier alpha value is -0.120. The van der Waals surface area contributed by atoms with Gasteiger partial charge in [-0.2, -0.15) is 0 Å². The van der Waals surface area contributed by atoms with E-state index in [0.29, 0.717) is 0 Å². The van der Waals surface area contributed by atoms with Crippen LogP contribution in [0.1, 0.15) is 45.4 Å². The number of likely N-dealkylation sites (tertiary alicyclic amines) is 1. The van der Waals surface area contributed by atoms with Crippen molar-refractivity contribution in [3.8, 4) is 0 Å². The molecule has 1 aliphatic heterocycles. The van der Waals surface area contributed by atoms with E-state index in [1.807, 2.05) is 0 Å². The van der Waals surface area contributed by atoms with E-state index in [4.69, 9.17) is 5.73 Å². The van der Waals surface area contributed by atoms with Gasteiger partial charge in [0.05, 0.1) is 6.61 Å². The van der Waals surface area contributed by atoms with E-state index in [0.717, 1.165) is 24.7 Å². The Balaban J connectivity index is 1.94. The first kappa shape index (κ1) is 13.3. The van der Waals surface area contributed by atoms with E-state index in [1.54, 1.807) is 0 Å². The van der Waals surface area contributed by atoms with Gasteiger partial charge in [-0.1, -0.05) is 19.8 Å². The number of nitrogens with two attached hydrogens (primary N) is 1. The molecule has 4 unspecified atom stereocenters. The van der Waals surface area contributed by atoms with E-state index in [-0.39, 0.29) is 18.7 Å². The van der Waals surface area contributed by atoms with Crippen LogP contribution in [0.25, 0.3) is 0 Å². The fraction of sp³-hybridized carbons (Fsp3) is 1.00. The van der Waals surface area contributed by atoms with E-state index in [2.05, 4.69) is 11.8 Å². The summed E-state index contributed by atoms with van der Waals surface area (Å²) < 4.78 is 0. The van der Waals surface area contributed by atoms with Crippen LogP contribution < -0.4 is 5.73 Å². The summed E-state index contributed by atoms with van der Waals surface area (Å²) in [5.41, 5.74) is 6.22. The molecule has 3 heteroatoms. The van der Waals surface area contributed by atoms with Gasteiger partial charge in [-0.25, -0.2) is 0 Å². The number of piperidine rings is 1. The van der Waals surface area contributed by atoms with Crippen LogP contribution in [0.15, 0.2) is 0 Å². The number of rotatable bonds is 5. The van der Waals surface area contributed by atoms with Crippen molar-refractivity contribution >= 4 is 0 Å². The Kier molecular flexibility index (Phi) is 4.83. The third-order valence-corrected chi connectivity index (χ3v) is 4.65. The zero-order valence-electron chi connectivity index (χ0n) is 11.1. The first-order valence-corrected chi connectivity index (χ1v) is 7.35. The average molecular weight is 240 g/mol. The number of fused-ring (bicyclic) bond motifs is 2. The number of nitrogens with zero attached hydrogens (tertiary/aromatic N) is 1. The number of hydrogen-bond donors (Lipinski definition) is 2. The van der Waals surface area contributed by atoms with Gasteiger partial charge in [0.25, 0.3) is 0 Å². The molecule has 1 saturated carbocycles. The van der Waals surface area contributed by atoms with Gasteiger partial charge in [-0.05, 0) is 37.5 Å². The molecule has 0 aromatic carbocycles. The van der Waals surface area contributed by atoms with E-state index in [9.17, 15) is 5.11 Å². The predicted octanol–water partition coefficient (Wildman–Crippen LogP) is 1.60. The van der Waals surface area contributed by atoms with Crippen LogP contribution in [-0.2, 0) is 0 Å². The van der Waals surface area contributed by atoms with Crippen molar-refractivity contribution in [1.82, 2.24) is 4.90 Å². The summed E-state index contributed by atoms with van der Waals surface area (Å²) >= 11 is 0. The lowest BCUT2D eigenvalue weighted by atomic mass is 9.77. The highest BCUT2D eigenvalue weighted by atomic mass is 16.3. The minimum atomic E-state index is 0.142. The second-order valence-electron chi connectivity index (χ2n) is 6.06. The lowest BCUT2D eigenvalue weighted by Crippen LogP contribution is -2.55. The van der Waals surface area contributed by atoms with Crippen LogP contribution in [0.2, 0.25) is 0 Å². The van der Waals surface area contributed by atoms with Crippen molar-refractivity contribution in [3.63, 3.8) is 0 Å². The molecule has 3 nitrogen and oxygen atoms in total. The summed E-state index contributed by atoms with van der Waals surface area (Å²) in [6.07, 6.45) is 7.73. The fourth-order valence-electron chi connectivity index (χ4n) is 3.79. The van der Waals surface area contributed by atoms with Crippen molar-refractivity contribution in [3.05, 3.63) is 0 Å². The largest absolute Gasteiger partial charge is 0.395 e. The Morgan fingerprint density at radius 1 is 1.29 bits per heavy atom. The number of aliphatic hydroxyl groups is 1. The lowest BCUT2D eigenvalue weighted by molar-refractivity contribution is 0.0197. The van der Waals surface area contributed by atoms with Crippen molar-refractivity contribution in [2.45, 2.75) is 57.5 Å². The maximum absolute atomic E-state index is 9.62. The molecular weight excluding hydrogens is 212 g/mol. The van der Waals surface area contributed by atoms with Gasteiger partial charge in [0.2, 0.25) is 0 Å². The quantitative estimate of drug-likeness (QED) is 0.767. The van der Waals surface area contributed by atoms with Gasteiger partial charge in [0.15, 0.2) is 0 Å². The highest BCUT2D eigenvalue weighted by molar-refractivity contribution is 4.90. The van der Waals surface area contributed by atoms with Gasteiger partial charge >= 0.3 is 0 Å². The third-order valence-electron chi connectivity index (χ3n) is 4.65. The summed E-state index contributed by atoms with van der Waals surface area (Å²) in [6.45, 7) is 4.72. The predicted molar refractivity (Wildman–Crippen MR) is 70.8 cm³/mol. The summed E-state index contributed by atoms with van der Waals surface area (Å²) in [4.78, 5) is 2.48. The number of hydrogen-bond acceptors (Lipinski definition) is 3. The fourth-order valence-corrected chi connectivity index (χ4v) is 3.79. The van der Waals surface area contributed by atoms with E-state index < -0.39 is 0 Å². The van der Waals surface area contributed by atoms with Crippen LogP contribution in [0.5, 0.6) is 0 Å². The van der Waals surface area contributed by atoms with Gasteiger partial charge < -0.3 is 10.8 Å². The van der Waals surface area contributed by atoms with Crippen LogP contribution in [0.3, 0.4) is 0 Å². The van der Waals surface area contributed by atoms with E-state index in [1.165, 1.54) is 38.8 Å². The average Bonchev–Trinajstić information content (AvgIpc) is 2.30. The Morgan fingerprint density at radius 3 is 2.47 bits per heavy atom. The molecule has 2 fully saturated rings. The molecule has 0 amide bonds. The number of aliphatic hydroxyl groups excluding tert-OH is 1. The van der Waals surface area contributed by atoms with Crippen molar-refractivity contribution < 1.29 is 5.11 Å². The summed E-state index contributed by atoms with van der Waals surface area (Å²) in [7, 11) is 0. The smallest absolute Gasteiger partial charge is 0.0601 e. The minimum Gasteiger partial charge on any atom is -0.395 e. The van der Waals surface area contributed by atoms with Crippen molar-refractivity contribution in [1.29, 1.82) is 0 Å². The molecule has 0 aromatic rings. The zero-order chi connectivity index (χ0) is 12.3. The molecular formula is C14H28N2O. The van der Waals surface area contributed by atoms with Crippen molar-refractivity contribution in [2.75, 3.05) is 19.7 Å². The highest BCUT2D eigenvalue weighted by Gasteiger charge is 2.35.